The predicted octanol–water partition coefficient (Wildman–Crippen LogP) is 4.16. The molecule has 0 aliphatic heterocycles. The SMILES string of the molecule is CCNCc1cccc(SCc2nc(C)c(C)s2)c1. The smallest absolute Gasteiger partial charge is 0.103 e. The van der Waals surface area contributed by atoms with Gasteiger partial charge in [-0.2, -0.15) is 0 Å². The van der Waals surface area contributed by atoms with Crippen LogP contribution in [-0.2, 0) is 12.3 Å². The summed E-state index contributed by atoms with van der Waals surface area (Å²) in [4.78, 5) is 7.23. The van der Waals surface area contributed by atoms with Crippen molar-refractivity contribution in [2.45, 2.75) is 38.0 Å². The van der Waals surface area contributed by atoms with Gasteiger partial charge in [-0.1, -0.05) is 19.1 Å². The van der Waals surface area contributed by atoms with Gasteiger partial charge in [-0.25, -0.2) is 4.98 Å². The van der Waals surface area contributed by atoms with E-state index in [1.807, 2.05) is 23.1 Å². The third-order valence-corrected chi connectivity index (χ3v) is 5.17. The number of nitrogens with one attached hydrogen (secondary N) is 1. The Hall–Kier alpha value is -0.840. The fraction of sp³-hybridized carbons (Fsp3) is 0.400. The van der Waals surface area contributed by atoms with Crippen molar-refractivity contribution in [3.63, 3.8) is 0 Å². The van der Waals surface area contributed by atoms with E-state index in [2.05, 4.69) is 55.3 Å². The molecular weight excluding hydrogens is 272 g/mol. The highest BCUT2D eigenvalue weighted by Gasteiger charge is 2.04. The van der Waals surface area contributed by atoms with Crippen molar-refractivity contribution in [2.24, 2.45) is 0 Å². The quantitative estimate of drug-likeness (QED) is 0.809. The van der Waals surface area contributed by atoms with Gasteiger partial charge in [-0.05, 0) is 38.1 Å². The van der Waals surface area contributed by atoms with Crippen LogP contribution in [0, 0.1) is 13.8 Å². The zero-order chi connectivity index (χ0) is 13.7. The average molecular weight is 292 g/mol. The van der Waals surface area contributed by atoms with Crippen molar-refractivity contribution in [3.05, 3.63) is 45.4 Å². The van der Waals surface area contributed by atoms with E-state index < -0.39 is 0 Å². The number of rotatable bonds is 6. The molecule has 0 atom stereocenters. The molecule has 2 aromatic rings. The summed E-state index contributed by atoms with van der Waals surface area (Å²) in [5.74, 6) is 0.962. The van der Waals surface area contributed by atoms with E-state index in [0.29, 0.717) is 0 Å². The number of thiazole rings is 1. The molecule has 1 aromatic heterocycles. The van der Waals surface area contributed by atoms with Gasteiger partial charge in [0.25, 0.3) is 0 Å². The highest BCUT2D eigenvalue weighted by atomic mass is 32.2. The van der Waals surface area contributed by atoms with Gasteiger partial charge in [-0.15, -0.1) is 23.1 Å². The molecule has 0 spiro atoms. The fourth-order valence-corrected chi connectivity index (χ4v) is 3.67. The fourth-order valence-electron chi connectivity index (χ4n) is 1.76. The third kappa shape index (κ3) is 4.34. The van der Waals surface area contributed by atoms with E-state index >= 15 is 0 Å². The summed E-state index contributed by atoms with van der Waals surface area (Å²) in [6, 6.07) is 8.74. The molecular formula is C15H20N2S2. The molecule has 0 aliphatic rings. The lowest BCUT2D eigenvalue weighted by Gasteiger charge is -2.05. The van der Waals surface area contributed by atoms with Gasteiger partial charge < -0.3 is 5.32 Å². The van der Waals surface area contributed by atoms with Crippen LogP contribution in [-0.4, -0.2) is 11.5 Å². The highest BCUT2D eigenvalue weighted by Crippen LogP contribution is 2.26. The normalized spacial score (nSPS) is 10.9. The van der Waals surface area contributed by atoms with Crippen molar-refractivity contribution in [2.75, 3.05) is 6.54 Å². The first-order valence-corrected chi connectivity index (χ1v) is 8.34. The number of thioether (sulfide) groups is 1. The minimum atomic E-state index is 0.945. The number of benzene rings is 1. The highest BCUT2D eigenvalue weighted by molar-refractivity contribution is 7.98. The van der Waals surface area contributed by atoms with Crippen LogP contribution in [0.3, 0.4) is 0 Å². The predicted molar refractivity (Wildman–Crippen MR) is 85.0 cm³/mol. The van der Waals surface area contributed by atoms with Crippen LogP contribution in [0.25, 0.3) is 0 Å². The molecule has 0 aliphatic carbocycles. The summed E-state index contributed by atoms with van der Waals surface area (Å²) < 4.78 is 0. The Kier molecular flexibility index (Phi) is 5.43. The van der Waals surface area contributed by atoms with E-state index in [-0.39, 0.29) is 0 Å². The van der Waals surface area contributed by atoms with E-state index in [1.165, 1.54) is 26.0 Å². The van der Waals surface area contributed by atoms with Crippen molar-refractivity contribution >= 4 is 23.1 Å². The molecule has 0 saturated heterocycles. The summed E-state index contributed by atoms with van der Waals surface area (Å²) in [6.07, 6.45) is 0. The average Bonchev–Trinajstić information content (AvgIpc) is 2.74. The number of aryl methyl sites for hydroxylation is 2. The zero-order valence-electron chi connectivity index (χ0n) is 11.7. The van der Waals surface area contributed by atoms with E-state index in [4.69, 9.17) is 0 Å². The Morgan fingerprint density at radius 3 is 2.84 bits per heavy atom. The molecule has 0 bridgehead atoms. The summed E-state index contributed by atoms with van der Waals surface area (Å²) >= 11 is 3.67. The second-order valence-corrected chi connectivity index (χ2v) is 6.80. The van der Waals surface area contributed by atoms with Gasteiger partial charge in [0.1, 0.15) is 5.01 Å². The maximum absolute atomic E-state index is 4.58. The second kappa shape index (κ2) is 7.08. The molecule has 1 N–H and O–H groups in total. The molecule has 0 unspecified atom stereocenters. The van der Waals surface area contributed by atoms with Gasteiger partial charge in [0.2, 0.25) is 0 Å². The lowest BCUT2D eigenvalue weighted by Crippen LogP contribution is -2.11. The number of hydrogen-bond acceptors (Lipinski definition) is 4. The molecule has 19 heavy (non-hydrogen) atoms. The van der Waals surface area contributed by atoms with Crippen molar-refractivity contribution in [1.82, 2.24) is 10.3 Å². The standard InChI is InChI=1S/C15H20N2S2/c1-4-16-9-13-6-5-7-14(8-13)18-10-15-17-11(2)12(3)19-15/h5-8,16H,4,9-10H2,1-3H3. The second-order valence-electron chi connectivity index (χ2n) is 4.47. The molecule has 2 nitrogen and oxygen atoms in total. The van der Waals surface area contributed by atoms with Crippen LogP contribution in [0.1, 0.15) is 28.1 Å². The maximum Gasteiger partial charge on any atom is 0.103 e. The van der Waals surface area contributed by atoms with E-state index in [9.17, 15) is 0 Å². The molecule has 0 fully saturated rings. The first kappa shape index (κ1) is 14.6. The Morgan fingerprint density at radius 1 is 1.32 bits per heavy atom. The minimum absolute atomic E-state index is 0.945. The Morgan fingerprint density at radius 2 is 2.16 bits per heavy atom. The Bertz CT molecular complexity index is 515. The molecule has 0 radical (unpaired) electrons. The maximum atomic E-state index is 4.58. The van der Waals surface area contributed by atoms with Crippen LogP contribution in [0.15, 0.2) is 29.2 Å². The number of nitrogens with zero attached hydrogens (tertiary/aromatic N) is 1. The largest absolute Gasteiger partial charge is 0.313 e. The first-order chi connectivity index (χ1) is 9.19. The molecule has 102 valence electrons. The van der Waals surface area contributed by atoms with Crippen molar-refractivity contribution in [1.29, 1.82) is 0 Å². The summed E-state index contributed by atoms with van der Waals surface area (Å²) in [5.41, 5.74) is 2.51. The summed E-state index contributed by atoms with van der Waals surface area (Å²) in [6.45, 7) is 8.30. The molecule has 2 rings (SSSR count). The van der Waals surface area contributed by atoms with Crippen molar-refractivity contribution in [3.8, 4) is 0 Å². The van der Waals surface area contributed by atoms with Crippen LogP contribution in [0.2, 0.25) is 0 Å². The molecule has 4 heteroatoms. The molecule has 0 amide bonds. The van der Waals surface area contributed by atoms with Gasteiger partial charge in [0.15, 0.2) is 0 Å². The van der Waals surface area contributed by atoms with E-state index in [1.54, 1.807) is 0 Å². The monoisotopic (exact) mass is 292 g/mol. The lowest BCUT2D eigenvalue weighted by atomic mass is 10.2. The van der Waals surface area contributed by atoms with Gasteiger partial charge in [0, 0.05) is 16.3 Å². The zero-order valence-corrected chi connectivity index (χ0v) is 13.3. The minimum Gasteiger partial charge on any atom is -0.313 e. The molecule has 1 heterocycles. The van der Waals surface area contributed by atoms with E-state index in [0.717, 1.165) is 18.8 Å². The van der Waals surface area contributed by atoms with Crippen LogP contribution < -0.4 is 5.32 Å². The lowest BCUT2D eigenvalue weighted by molar-refractivity contribution is 0.725. The van der Waals surface area contributed by atoms with Gasteiger partial charge in [-0.3, -0.25) is 0 Å². The number of hydrogen-bond donors (Lipinski definition) is 1. The van der Waals surface area contributed by atoms with Crippen LogP contribution >= 0.6 is 23.1 Å². The molecule has 0 saturated carbocycles. The summed E-state index contributed by atoms with van der Waals surface area (Å²) in [5, 5.41) is 4.58. The Labute approximate surface area is 123 Å². The topological polar surface area (TPSA) is 24.9 Å². The van der Waals surface area contributed by atoms with Crippen LogP contribution in [0.5, 0.6) is 0 Å². The number of aromatic nitrogens is 1. The van der Waals surface area contributed by atoms with Crippen LogP contribution in [0.4, 0.5) is 0 Å². The third-order valence-electron chi connectivity index (χ3n) is 2.91. The van der Waals surface area contributed by atoms with Gasteiger partial charge >= 0.3 is 0 Å². The Balaban J connectivity index is 1.95. The molecule has 1 aromatic carbocycles. The van der Waals surface area contributed by atoms with Gasteiger partial charge in [0.05, 0.1) is 11.4 Å². The van der Waals surface area contributed by atoms with Crippen molar-refractivity contribution < 1.29 is 0 Å². The first-order valence-electron chi connectivity index (χ1n) is 6.54. The summed E-state index contributed by atoms with van der Waals surface area (Å²) in [7, 11) is 0.